The Labute approximate surface area is 351 Å². The van der Waals surface area contributed by atoms with Gasteiger partial charge < -0.3 is 14.7 Å². The van der Waals surface area contributed by atoms with Crippen LogP contribution in [0.1, 0.15) is 0 Å². The largest absolute Gasteiger partial charge is 0.310 e. The van der Waals surface area contributed by atoms with Crippen molar-refractivity contribution in [3.8, 4) is 0 Å². The van der Waals surface area contributed by atoms with E-state index in [0.717, 1.165) is 51.2 Å². The Hall–Kier alpha value is -7.18. The molecule has 2 heterocycles. The maximum absolute atomic E-state index is 2.47. The molecule has 5 heteroatoms. The van der Waals surface area contributed by atoms with Crippen molar-refractivity contribution >= 4 is 114 Å². The molecular formula is C54H37N3S2. The number of nitrogens with zero attached hydrogens (tertiary/aromatic N) is 3. The molecule has 0 saturated heterocycles. The number of fused-ring (bicyclic) bond motifs is 6. The summed E-state index contributed by atoms with van der Waals surface area (Å²) in [5, 5.41) is 4.98. The Bertz CT molecular complexity index is 3140. The minimum atomic E-state index is 1.09. The molecule has 0 spiro atoms. The zero-order valence-corrected chi connectivity index (χ0v) is 33.7. The van der Waals surface area contributed by atoms with E-state index in [2.05, 4.69) is 239 Å². The zero-order valence-electron chi connectivity index (χ0n) is 32.0. The standard InChI is InChI=1S/C54H37N3S2/c1-6-20-38(21-7-1)55(39-22-8-2-9-23-39)46-34-35-47(54-53(46)45-31-17-19-33-50(45)59-54)57(42-28-14-5-15-29-42)43-36-48(52-44-30-16-18-32-49(44)58-51(52)37-43)56(40-24-10-3-11-25-40)41-26-12-4-13-27-41/h1-37H. The van der Waals surface area contributed by atoms with Crippen molar-refractivity contribution in [1.82, 2.24) is 0 Å². The van der Waals surface area contributed by atoms with Gasteiger partial charge in [-0.15, -0.1) is 22.7 Å². The van der Waals surface area contributed by atoms with Crippen LogP contribution in [0.4, 0.5) is 51.2 Å². The van der Waals surface area contributed by atoms with Crippen molar-refractivity contribution in [2.45, 2.75) is 0 Å². The number of anilines is 9. The Kier molecular flexibility index (Phi) is 8.88. The van der Waals surface area contributed by atoms with Gasteiger partial charge in [-0.3, -0.25) is 0 Å². The topological polar surface area (TPSA) is 9.72 Å². The summed E-state index contributed by atoms with van der Waals surface area (Å²) in [4.78, 5) is 7.29. The molecule has 0 unspecified atom stereocenters. The minimum absolute atomic E-state index is 1.09. The zero-order chi connectivity index (χ0) is 39.1. The molecule has 2 aromatic heterocycles. The molecule has 0 amide bonds. The summed E-state index contributed by atoms with van der Waals surface area (Å²) in [5.74, 6) is 0. The van der Waals surface area contributed by atoms with Crippen molar-refractivity contribution in [2.75, 3.05) is 14.7 Å². The fraction of sp³-hybridized carbons (Fsp3) is 0. The Morgan fingerprint density at radius 3 is 1.12 bits per heavy atom. The van der Waals surface area contributed by atoms with E-state index in [1.165, 1.54) is 40.3 Å². The van der Waals surface area contributed by atoms with Gasteiger partial charge in [-0.05, 0) is 97.1 Å². The molecule has 11 rings (SSSR count). The first-order chi connectivity index (χ1) is 29.3. The van der Waals surface area contributed by atoms with E-state index in [-0.39, 0.29) is 0 Å². The van der Waals surface area contributed by atoms with Crippen molar-refractivity contribution in [2.24, 2.45) is 0 Å². The molecule has 0 aliphatic carbocycles. The highest BCUT2D eigenvalue weighted by Gasteiger charge is 2.26. The molecule has 0 radical (unpaired) electrons. The normalized spacial score (nSPS) is 11.4. The Morgan fingerprint density at radius 1 is 0.254 bits per heavy atom. The van der Waals surface area contributed by atoms with Crippen LogP contribution in [0.5, 0.6) is 0 Å². The summed E-state index contributed by atoms with van der Waals surface area (Å²) < 4.78 is 4.99. The third-order valence-corrected chi connectivity index (χ3v) is 13.3. The van der Waals surface area contributed by atoms with Crippen LogP contribution in [-0.2, 0) is 0 Å². The first kappa shape index (κ1) is 35.0. The van der Waals surface area contributed by atoms with E-state index in [0.29, 0.717) is 0 Å². The first-order valence-electron chi connectivity index (χ1n) is 19.9. The van der Waals surface area contributed by atoms with E-state index in [1.807, 2.05) is 22.7 Å². The van der Waals surface area contributed by atoms with Gasteiger partial charge in [-0.1, -0.05) is 127 Å². The molecule has 0 fully saturated rings. The molecule has 0 atom stereocenters. The van der Waals surface area contributed by atoms with E-state index in [1.54, 1.807) is 0 Å². The average molecular weight is 792 g/mol. The molecule has 0 aliphatic rings. The lowest BCUT2D eigenvalue weighted by atomic mass is 10.0. The van der Waals surface area contributed by atoms with Crippen LogP contribution in [0.2, 0.25) is 0 Å². The minimum Gasteiger partial charge on any atom is -0.310 e. The summed E-state index contributed by atoms with van der Waals surface area (Å²) in [5.41, 5.74) is 10.1. The van der Waals surface area contributed by atoms with Crippen molar-refractivity contribution < 1.29 is 0 Å². The van der Waals surface area contributed by atoms with Crippen LogP contribution in [-0.4, -0.2) is 0 Å². The van der Waals surface area contributed by atoms with Gasteiger partial charge in [-0.25, -0.2) is 0 Å². The maximum atomic E-state index is 2.47. The van der Waals surface area contributed by atoms with Crippen LogP contribution >= 0.6 is 22.7 Å². The second-order valence-corrected chi connectivity index (χ2v) is 16.7. The number of para-hydroxylation sites is 5. The fourth-order valence-corrected chi connectivity index (χ4v) is 10.8. The monoisotopic (exact) mass is 791 g/mol. The summed E-state index contributed by atoms with van der Waals surface area (Å²) in [6, 6.07) is 81.0. The summed E-state index contributed by atoms with van der Waals surface area (Å²) in [7, 11) is 0. The van der Waals surface area contributed by atoms with Crippen molar-refractivity contribution in [3.63, 3.8) is 0 Å². The molecule has 0 aliphatic heterocycles. The van der Waals surface area contributed by atoms with Gasteiger partial charge in [0.2, 0.25) is 0 Å². The van der Waals surface area contributed by atoms with Crippen LogP contribution in [0, 0.1) is 0 Å². The second kappa shape index (κ2) is 15.0. The van der Waals surface area contributed by atoms with Crippen molar-refractivity contribution in [3.05, 3.63) is 224 Å². The highest BCUT2D eigenvalue weighted by atomic mass is 32.1. The quantitative estimate of drug-likeness (QED) is 0.144. The summed E-state index contributed by atoms with van der Waals surface area (Å²) in [6.07, 6.45) is 0. The van der Waals surface area contributed by atoms with Gasteiger partial charge >= 0.3 is 0 Å². The predicted molar refractivity (Wildman–Crippen MR) is 256 cm³/mol. The van der Waals surface area contributed by atoms with E-state index < -0.39 is 0 Å². The molecule has 0 bridgehead atoms. The van der Waals surface area contributed by atoms with Crippen LogP contribution < -0.4 is 14.7 Å². The lowest BCUT2D eigenvalue weighted by molar-refractivity contribution is 1.27. The molecule has 0 saturated carbocycles. The Balaban J connectivity index is 1.22. The molecule has 11 aromatic rings. The van der Waals surface area contributed by atoms with Gasteiger partial charge in [-0.2, -0.15) is 0 Å². The number of hydrogen-bond donors (Lipinski definition) is 0. The predicted octanol–water partition coefficient (Wildman–Crippen LogP) is 16.8. The molecule has 9 aromatic carbocycles. The van der Waals surface area contributed by atoms with Crippen LogP contribution in [0.15, 0.2) is 224 Å². The fourth-order valence-electron chi connectivity index (χ4n) is 8.45. The molecular weight excluding hydrogens is 755 g/mol. The first-order valence-corrected chi connectivity index (χ1v) is 21.5. The average Bonchev–Trinajstić information content (AvgIpc) is 3.89. The van der Waals surface area contributed by atoms with Gasteiger partial charge in [0.1, 0.15) is 0 Å². The molecule has 59 heavy (non-hydrogen) atoms. The second-order valence-electron chi connectivity index (χ2n) is 14.5. The molecule has 3 nitrogen and oxygen atoms in total. The SMILES string of the molecule is c1ccc(N(c2cc(N(c3ccccc3)c3ccccc3)c3c(c2)sc2ccccc23)c2ccc(N(c3ccccc3)c3ccccc3)c3c2sc2ccccc23)cc1. The number of hydrogen-bond acceptors (Lipinski definition) is 5. The Morgan fingerprint density at radius 2 is 0.627 bits per heavy atom. The number of benzene rings is 9. The van der Waals surface area contributed by atoms with Crippen molar-refractivity contribution in [1.29, 1.82) is 0 Å². The highest BCUT2D eigenvalue weighted by molar-refractivity contribution is 7.26. The smallest absolute Gasteiger partial charge is 0.0641 e. The van der Waals surface area contributed by atoms with Gasteiger partial charge in [0.05, 0.1) is 21.8 Å². The lowest BCUT2D eigenvalue weighted by Crippen LogP contribution is -2.14. The third kappa shape index (κ3) is 6.20. The van der Waals surface area contributed by atoms with E-state index in [9.17, 15) is 0 Å². The molecule has 0 N–H and O–H groups in total. The highest BCUT2D eigenvalue weighted by Crippen LogP contribution is 2.53. The van der Waals surface area contributed by atoms with E-state index in [4.69, 9.17) is 0 Å². The lowest BCUT2D eigenvalue weighted by Gasteiger charge is -2.31. The molecule has 280 valence electrons. The number of rotatable bonds is 9. The van der Waals surface area contributed by atoms with Gasteiger partial charge in [0.15, 0.2) is 0 Å². The van der Waals surface area contributed by atoms with Gasteiger partial charge in [0.25, 0.3) is 0 Å². The summed E-state index contributed by atoms with van der Waals surface area (Å²) in [6.45, 7) is 0. The van der Waals surface area contributed by atoms with Crippen LogP contribution in [0.25, 0.3) is 40.3 Å². The summed E-state index contributed by atoms with van der Waals surface area (Å²) >= 11 is 3.72. The van der Waals surface area contributed by atoms with Crippen LogP contribution in [0.3, 0.4) is 0 Å². The van der Waals surface area contributed by atoms with E-state index >= 15 is 0 Å². The third-order valence-electron chi connectivity index (χ3n) is 11.0. The van der Waals surface area contributed by atoms with Gasteiger partial charge in [0, 0.05) is 69.8 Å². The maximum Gasteiger partial charge on any atom is 0.0641 e. The number of thiophene rings is 2.